The number of carbonyl (C=O) groups excluding carboxylic acids is 1. The lowest BCUT2D eigenvalue weighted by Crippen LogP contribution is -2.52. The van der Waals surface area contributed by atoms with Crippen LogP contribution < -0.4 is 4.90 Å². The van der Waals surface area contributed by atoms with Crippen molar-refractivity contribution in [3.8, 4) is 6.07 Å². The van der Waals surface area contributed by atoms with Crippen LogP contribution in [0.5, 0.6) is 0 Å². The molecular weight excluding hydrogens is 509 g/mol. The van der Waals surface area contributed by atoms with Crippen LogP contribution in [0.4, 0.5) is 10.1 Å². The van der Waals surface area contributed by atoms with Crippen LogP contribution in [0.15, 0.2) is 90.5 Å². The normalized spacial score (nSPS) is 14.3. The molecule has 3 aromatic rings. The zero-order valence-corrected chi connectivity index (χ0v) is 24.7. The number of aryl methyl sites for hydroxylation is 1. The molecule has 0 saturated carbocycles. The summed E-state index contributed by atoms with van der Waals surface area (Å²) >= 11 is 0. The number of hydrogen-bond acceptors (Lipinski definition) is 4. The van der Waals surface area contributed by atoms with Gasteiger partial charge < -0.3 is 4.90 Å². The molecule has 4 rings (SSSR count). The highest BCUT2D eigenvalue weighted by atomic mass is 19.1. The smallest absolute Gasteiger partial charge is 0.192 e. The summed E-state index contributed by atoms with van der Waals surface area (Å²) in [6.07, 6.45) is 9.86. The van der Waals surface area contributed by atoms with E-state index in [0.29, 0.717) is 17.7 Å². The van der Waals surface area contributed by atoms with E-state index in [0.717, 1.165) is 66.7 Å². The molecule has 212 valence electrons. The number of ketones is 1. The van der Waals surface area contributed by atoms with Gasteiger partial charge in [0.25, 0.3) is 0 Å². The topological polar surface area (TPSA) is 47.3 Å². The molecule has 1 aliphatic rings. The predicted octanol–water partition coefficient (Wildman–Crippen LogP) is 8.16. The van der Waals surface area contributed by atoms with Crippen LogP contribution in [0.25, 0.3) is 0 Å². The van der Waals surface area contributed by atoms with E-state index in [9.17, 15) is 14.4 Å². The van der Waals surface area contributed by atoms with E-state index in [1.807, 2.05) is 73.7 Å². The van der Waals surface area contributed by atoms with Crippen LogP contribution in [0, 0.1) is 24.1 Å². The number of Topliss-reactive ketones (excluding diaryl/α,β-unsaturated/α-hetero) is 1. The minimum absolute atomic E-state index is 0.0476. The van der Waals surface area contributed by atoms with Crippen LogP contribution in [0.3, 0.4) is 0 Å². The fourth-order valence-corrected chi connectivity index (χ4v) is 5.54. The fraction of sp³-hybridized carbons (Fsp3) is 0.333. The van der Waals surface area contributed by atoms with Gasteiger partial charge in [-0.2, -0.15) is 5.26 Å². The van der Waals surface area contributed by atoms with Gasteiger partial charge in [0.1, 0.15) is 5.82 Å². The maximum atomic E-state index is 13.9. The number of nitriles is 1. The average molecular weight is 550 g/mol. The van der Waals surface area contributed by atoms with Gasteiger partial charge in [-0.3, -0.25) is 9.69 Å². The Hall–Kier alpha value is -4.01. The average Bonchev–Trinajstić information content (AvgIpc) is 2.99. The van der Waals surface area contributed by atoms with E-state index in [4.69, 9.17) is 0 Å². The summed E-state index contributed by atoms with van der Waals surface area (Å²) in [5.74, 6) is -0.184. The molecule has 0 radical (unpaired) electrons. The molecule has 0 amide bonds. The van der Waals surface area contributed by atoms with E-state index in [-0.39, 0.29) is 17.1 Å². The number of benzene rings is 3. The number of halogens is 1. The van der Waals surface area contributed by atoms with Crippen molar-refractivity contribution in [2.45, 2.75) is 65.1 Å². The second kappa shape index (κ2) is 13.6. The minimum Gasteiger partial charge on any atom is -0.365 e. The minimum atomic E-state index is -0.232. The second-order valence-corrected chi connectivity index (χ2v) is 11.4. The van der Waals surface area contributed by atoms with Crippen molar-refractivity contribution in [1.82, 2.24) is 4.90 Å². The highest BCUT2D eigenvalue weighted by Gasteiger charge is 2.31. The lowest BCUT2D eigenvalue weighted by atomic mass is 9.91. The van der Waals surface area contributed by atoms with E-state index in [1.54, 1.807) is 6.07 Å². The number of carbonyl (C=O) groups is 1. The van der Waals surface area contributed by atoms with Crippen molar-refractivity contribution < 1.29 is 9.18 Å². The zero-order valence-electron chi connectivity index (χ0n) is 24.7. The standard InChI is InChI=1S/C36H40FN3O/c1-5-21-36(3,39(4)24-29-13-11-28(23-38)12-14-29)26-40(25-32-15-18-33(37)22-27(32)2)34-19-16-31(17-20-34)35(41)30-9-7-6-8-10-30/h7,9-20,22H,5-6,8,21,24-26H2,1-4H3. The highest BCUT2D eigenvalue weighted by Crippen LogP contribution is 2.29. The van der Waals surface area contributed by atoms with E-state index < -0.39 is 0 Å². The van der Waals surface area contributed by atoms with Gasteiger partial charge in [0, 0.05) is 42.0 Å². The third-order valence-electron chi connectivity index (χ3n) is 8.16. The van der Waals surface area contributed by atoms with Crippen LogP contribution in [-0.2, 0) is 13.1 Å². The molecule has 0 bridgehead atoms. The Morgan fingerprint density at radius 3 is 2.37 bits per heavy atom. The largest absolute Gasteiger partial charge is 0.365 e. The maximum absolute atomic E-state index is 13.9. The third-order valence-corrected chi connectivity index (χ3v) is 8.16. The summed E-state index contributed by atoms with van der Waals surface area (Å²) in [6, 6.07) is 22.9. The molecule has 4 nitrogen and oxygen atoms in total. The molecule has 0 aliphatic heterocycles. The summed E-state index contributed by atoms with van der Waals surface area (Å²) in [4.78, 5) is 17.8. The lowest BCUT2D eigenvalue weighted by Gasteiger charge is -2.43. The summed E-state index contributed by atoms with van der Waals surface area (Å²) in [5.41, 5.74) is 6.07. The molecular formula is C36H40FN3O. The van der Waals surface area contributed by atoms with Crippen LogP contribution in [0.2, 0.25) is 0 Å². The highest BCUT2D eigenvalue weighted by molar-refractivity contribution is 6.10. The lowest BCUT2D eigenvalue weighted by molar-refractivity contribution is 0.103. The van der Waals surface area contributed by atoms with Crippen molar-refractivity contribution >= 4 is 11.5 Å². The maximum Gasteiger partial charge on any atom is 0.192 e. The Labute approximate surface area is 244 Å². The van der Waals surface area contributed by atoms with Crippen LogP contribution in [-0.4, -0.2) is 29.8 Å². The van der Waals surface area contributed by atoms with Gasteiger partial charge in [0.2, 0.25) is 0 Å². The SMILES string of the molecule is CCCC(C)(CN(Cc1ccc(F)cc1C)c1ccc(C(=O)C2=CCCC=C2)cc1)N(C)Cc1ccc(C#N)cc1. The van der Waals surface area contributed by atoms with Crippen molar-refractivity contribution in [3.05, 3.63) is 124 Å². The molecule has 1 unspecified atom stereocenters. The first-order chi connectivity index (χ1) is 19.7. The number of likely N-dealkylation sites (N-methyl/N-ethyl adjacent to an activating group) is 1. The first-order valence-electron chi connectivity index (χ1n) is 14.4. The van der Waals surface area contributed by atoms with Crippen LogP contribution >= 0.6 is 0 Å². The molecule has 0 saturated heterocycles. The molecule has 41 heavy (non-hydrogen) atoms. The second-order valence-electron chi connectivity index (χ2n) is 11.4. The molecule has 3 aromatic carbocycles. The number of hydrogen-bond donors (Lipinski definition) is 0. The van der Waals surface area contributed by atoms with Crippen molar-refractivity contribution in [3.63, 3.8) is 0 Å². The van der Waals surface area contributed by atoms with Gasteiger partial charge in [-0.25, -0.2) is 4.39 Å². The number of allylic oxidation sites excluding steroid dienone is 4. The Morgan fingerprint density at radius 2 is 1.76 bits per heavy atom. The van der Waals surface area contributed by atoms with Gasteiger partial charge in [0.05, 0.1) is 11.6 Å². The van der Waals surface area contributed by atoms with E-state index in [1.165, 1.54) is 6.07 Å². The fourth-order valence-electron chi connectivity index (χ4n) is 5.54. The Bertz CT molecular complexity index is 1450. The number of nitrogens with zero attached hydrogens (tertiary/aromatic N) is 3. The first-order valence-corrected chi connectivity index (χ1v) is 14.4. The zero-order chi connectivity index (χ0) is 29.4. The van der Waals surface area contributed by atoms with Gasteiger partial charge in [0.15, 0.2) is 5.78 Å². The quantitative estimate of drug-likeness (QED) is 0.214. The Kier molecular flexibility index (Phi) is 9.91. The molecule has 5 heteroatoms. The number of anilines is 1. The van der Waals surface area contributed by atoms with Crippen LogP contribution in [0.1, 0.15) is 72.1 Å². The summed E-state index contributed by atoms with van der Waals surface area (Å²) < 4.78 is 13.9. The molecule has 0 aromatic heterocycles. The molecule has 0 heterocycles. The molecule has 0 fully saturated rings. The van der Waals surface area contributed by atoms with E-state index in [2.05, 4.69) is 42.8 Å². The Morgan fingerprint density at radius 1 is 1.02 bits per heavy atom. The summed E-state index contributed by atoms with van der Waals surface area (Å²) in [6.45, 7) is 8.57. The predicted molar refractivity (Wildman–Crippen MR) is 165 cm³/mol. The van der Waals surface area contributed by atoms with E-state index >= 15 is 0 Å². The van der Waals surface area contributed by atoms with Gasteiger partial charge in [-0.15, -0.1) is 0 Å². The summed E-state index contributed by atoms with van der Waals surface area (Å²) in [7, 11) is 2.16. The Balaban J connectivity index is 1.63. The molecule has 0 spiro atoms. The van der Waals surface area contributed by atoms with Gasteiger partial charge >= 0.3 is 0 Å². The first kappa shape index (κ1) is 30.0. The van der Waals surface area contributed by atoms with Gasteiger partial charge in [-0.05, 0) is 105 Å². The van der Waals surface area contributed by atoms with Crippen molar-refractivity contribution in [2.75, 3.05) is 18.5 Å². The van der Waals surface area contributed by atoms with Crippen molar-refractivity contribution in [2.24, 2.45) is 0 Å². The number of rotatable bonds is 12. The van der Waals surface area contributed by atoms with Gasteiger partial charge in [-0.1, -0.05) is 49.8 Å². The summed E-state index contributed by atoms with van der Waals surface area (Å²) in [5, 5.41) is 9.18. The monoisotopic (exact) mass is 549 g/mol. The molecule has 1 aliphatic carbocycles. The molecule has 1 atom stereocenters. The molecule has 0 N–H and O–H groups in total. The van der Waals surface area contributed by atoms with Crippen molar-refractivity contribution in [1.29, 1.82) is 5.26 Å². The third kappa shape index (κ3) is 7.60.